The molecule has 2 atom stereocenters. The first-order valence-corrected chi connectivity index (χ1v) is 5.02. The van der Waals surface area contributed by atoms with E-state index in [1.165, 1.54) is 6.07 Å². The van der Waals surface area contributed by atoms with Crippen LogP contribution in [0.5, 0.6) is 5.75 Å². The van der Waals surface area contributed by atoms with Gasteiger partial charge in [-0.2, -0.15) is 0 Å². The topological polar surface area (TPSA) is 72.6 Å². The maximum absolute atomic E-state index is 10.8. The molecule has 0 fully saturated rings. The lowest BCUT2D eigenvalue weighted by Gasteiger charge is -2.18. The molecule has 1 N–H and O–H groups in total. The molecule has 1 aromatic carbocycles. The van der Waals surface area contributed by atoms with Gasteiger partial charge in [-0.15, -0.1) is 0 Å². The van der Waals surface area contributed by atoms with Crippen LogP contribution in [0.15, 0.2) is 18.2 Å². The molecule has 0 radical (unpaired) electrons. The number of rotatable bonds is 4. The van der Waals surface area contributed by atoms with E-state index in [4.69, 9.17) is 4.74 Å². The molecule has 5 nitrogen and oxygen atoms in total. The molecule has 5 heteroatoms. The Kier molecular flexibility index (Phi) is 3.84. The van der Waals surface area contributed by atoms with Gasteiger partial charge in [0, 0.05) is 6.07 Å². The van der Waals surface area contributed by atoms with Crippen molar-refractivity contribution < 1.29 is 14.8 Å². The van der Waals surface area contributed by atoms with Gasteiger partial charge >= 0.3 is 5.69 Å². The van der Waals surface area contributed by atoms with Crippen LogP contribution in [0.1, 0.15) is 19.4 Å². The zero-order chi connectivity index (χ0) is 12.3. The van der Waals surface area contributed by atoms with Crippen LogP contribution < -0.4 is 4.74 Å². The van der Waals surface area contributed by atoms with Crippen molar-refractivity contribution in [3.8, 4) is 5.75 Å². The molecule has 0 aliphatic heterocycles. The second-order valence-electron chi connectivity index (χ2n) is 3.74. The van der Waals surface area contributed by atoms with Crippen molar-refractivity contribution in [1.82, 2.24) is 0 Å². The van der Waals surface area contributed by atoms with Gasteiger partial charge in [0.05, 0.1) is 11.0 Å². The summed E-state index contributed by atoms with van der Waals surface area (Å²) in [6.07, 6.45) is -1.17. The number of aliphatic hydroxyl groups excluding tert-OH is 1. The van der Waals surface area contributed by atoms with Crippen molar-refractivity contribution in [2.24, 2.45) is 0 Å². The minimum atomic E-state index is -0.681. The van der Waals surface area contributed by atoms with Gasteiger partial charge in [0.15, 0.2) is 5.75 Å². The number of benzene rings is 1. The van der Waals surface area contributed by atoms with E-state index in [0.29, 0.717) is 5.56 Å². The monoisotopic (exact) mass is 225 g/mol. The van der Waals surface area contributed by atoms with Crippen molar-refractivity contribution >= 4 is 5.69 Å². The van der Waals surface area contributed by atoms with Crippen LogP contribution in [-0.4, -0.2) is 22.2 Å². The molecule has 0 spiro atoms. The molecule has 0 aliphatic rings. The summed E-state index contributed by atoms with van der Waals surface area (Å²) >= 11 is 0. The standard InChI is InChI=1S/C11H15NO4/c1-7-5-4-6-10(12(14)15)11(7)16-9(3)8(2)13/h4-6,8-9,13H,1-3H3. The third-order valence-corrected chi connectivity index (χ3v) is 2.37. The van der Waals surface area contributed by atoms with Gasteiger partial charge in [-0.05, 0) is 26.3 Å². The van der Waals surface area contributed by atoms with E-state index in [1.807, 2.05) is 0 Å². The van der Waals surface area contributed by atoms with Gasteiger partial charge in [-0.1, -0.05) is 12.1 Å². The number of para-hydroxylation sites is 1. The average molecular weight is 225 g/mol. The van der Waals surface area contributed by atoms with Gasteiger partial charge in [0.25, 0.3) is 0 Å². The summed E-state index contributed by atoms with van der Waals surface area (Å²) in [6.45, 7) is 4.98. The highest BCUT2D eigenvalue weighted by Crippen LogP contribution is 2.31. The number of ether oxygens (including phenoxy) is 1. The minimum Gasteiger partial charge on any atom is -0.481 e. The van der Waals surface area contributed by atoms with Crippen LogP contribution in [0, 0.1) is 17.0 Å². The smallest absolute Gasteiger partial charge is 0.311 e. The molecular formula is C11H15NO4. The van der Waals surface area contributed by atoms with Crippen molar-refractivity contribution in [3.63, 3.8) is 0 Å². The maximum atomic E-state index is 10.8. The molecule has 0 aliphatic carbocycles. The third kappa shape index (κ3) is 2.70. The molecule has 2 unspecified atom stereocenters. The van der Waals surface area contributed by atoms with Crippen LogP contribution in [0.4, 0.5) is 5.69 Å². The summed E-state index contributed by atoms with van der Waals surface area (Å²) in [5.74, 6) is 0.223. The fourth-order valence-corrected chi connectivity index (χ4v) is 1.22. The first-order valence-electron chi connectivity index (χ1n) is 5.02. The lowest BCUT2D eigenvalue weighted by Crippen LogP contribution is -2.26. The Morgan fingerprint density at radius 3 is 2.56 bits per heavy atom. The van der Waals surface area contributed by atoms with Gasteiger partial charge in [0.1, 0.15) is 6.10 Å². The van der Waals surface area contributed by atoms with Gasteiger partial charge in [-0.3, -0.25) is 10.1 Å². The summed E-state index contributed by atoms with van der Waals surface area (Å²) in [5.41, 5.74) is 0.606. The molecule has 0 bridgehead atoms. The predicted octanol–water partition coefficient (Wildman–Crippen LogP) is 2.05. The summed E-state index contributed by atoms with van der Waals surface area (Å²) < 4.78 is 5.41. The first-order chi connectivity index (χ1) is 7.43. The Balaban J connectivity index is 3.06. The van der Waals surface area contributed by atoms with E-state index in [2.05, 4.69) is 0 Å². The maximum Gasteiger partial charge on any atom is 0.311 e. The fraction of sp³-hybridized carbons (Fsp3) is 0.455. The molecule has 16 heavy (non-hydrogen) atoms. The molecule has 0 saturated carbocycles. The van der Waals surface area contributed by atoms with E-state index in [9.17, 15) is 15.2 Å². The summed E-state index contributed by atoms with van der Waals surface area (Å²) in [6, 6.07) is 4.72. The molecule has 88 valence electrons. The zero-order valence-electron chi connectivity index (χ0n) is 9.51. The Labute approximate surface area is 93.8 Å². The fourth-order valence-electron chi connectivity index (χ4n) is 1.22. The summed E-state index contributed by atoms with van der Waals surface area (Å²) in [5, 5.41) is 20.1. The number of nitro benzene ring substituents is 1. The van der Waals surface area contributed by atoms with Gasteiger partial charge in [0.2, 0.25) is 0 Å². The molecule has 0 aromatic heterocycles. The highest BCUT2D eigenvalue weighted by Gasteiger charge is 2.20. The van der Waals surface area contributed by atoms with Crippen molar-refractivity contribution in [2.75, 3.05) is 0 Å². The Morgan fingerprint density at radius 2 is 2.06 bits per heavy atom. The lowest BCUT2D eigenvalue weighted by molar-refractivity contribution is -0.386. The van der Waals surface area contributed by atoms with E-state index < -0.39 is 17.1 Å². The lowest BCUT2D eigenvalue weighted by atomic mass is 10.2. The van der Waals surface area contributed by atoms with Crippen LogP contribution in [0.25, 0.3) is 0 Å². The van der Waals surface area contributed by atoms with E-state index in [-0.39, 0.29) is 11.4 Å². The normalized spacial score (nSPS) is 14.2. The Hall–Kier alpha value is -1.62. The van der Waals surface area contributed by atoms with Crippen LogP contribution in [0.2, 0.25) is 0 Å². The number of hydrogen-bond donors (Lipinski definition) is 1. The van der Waals surface area contributed by atoms with Crippen LogP contribution in [0.3, 0.4) is 0 Å². The highest BCUT2D eigenvalue weighted by atomic mass is 16.6. The molecular weight excluding hydrogens is 210 g/mol. The quantitative estimate of drug-likeness (QED) is 0.628. The molecule has 0 saturated heterocycles. The predicted molar refractivity (Wildman–Crippen MR) is 59.6 cm³/mol. The van der Waals surface area contributed by atoms with Gasteiger partial charge < -0.3 is 9.84 Å². The van der Waals surface area contributed by atoms with Crippen LogP contribution >= 0.6 is 0 Å². The van der Waals surface area contributed by atoms with Gasteiger partial charge in [-0.25, -0.2) is 0 Å². The van der Waals surface area contributed by atoms with E-state index >= 15 is 0 Å². The van der Waals surface area contributed by atoms with Crippen molar-refractivity contribution in [1.29, 1.82) is 0 Å². The minimum absolute atomic E-state index is 0.0764. The van der Waals surface area contributed by atoms with Crippen LogP contribution in [-0.2, 0) is 0 Å². The first kappa shape index (κ1) is 12.4. The summed E-state index contributed by atoms with van der Waals surface area (Å²) in [4.78, 5) is 10.3. The summed E-state index contributed by atoms with van der Waals surface area (Å²) in [7, 11) is 0. The Bertz CT molecular complexity index is 390. The molecule has 0 amide bonds. The van der Waals surface area contributed by atoms with E-state index in [1.54, 1.807) is 32.9 Å². The number of nitro groups is 1. The van der Waals surface area contributed by atoms with E-state index in [0.717, 1.165) is 0 Å². The largest absolute Gasteiger partial charge is 0.481 e. The van der Waals surface area contributed by atoms with Crippen molar-refractivity contribution in [2.45, 2.75) is 33.0 Å². The number of hydrogen-bond acceptors (Lipinski definition) is 4. The molecule has 0 heterocycles. The average Bonchev–Trinajstić information content (AvgIpc) is 2.20. The Morgan fingerprint density at radius 1 is 1.44 bits per heavy atom. The third-order valence-electron chi connectivity index (χ3n) is 2.37. The van der Waals surface area contributed by atoms with Crippen molar-refractivity contribution in [3.05, 3.63) is 33.9 Å². The highest BCUT2D eigenvalue weighted by molar-refractivity contribution is 5.51. The number of aryl methyl sites for hydroxylation is 1. The molecule has 1 aromatic rings. The SMILES string of the molecule is Cc1cccc([N+](=O)[O-])c1OC(C)C(C)O. The number of nitrogens with zero attached hydrogens (tertiary/aromatic N) is 1. The second kappa shape index (κ2) is 4.94. The molecule has 1 rings (SSSR count). The number of aliphatic hydroxyl groups is 1. The zero-order valence-corrected chi connectivity index (χ0v) is 9.51. The second-order valence-corrected chi connectivity index (χ2v) is 3.74.